The standard InChI is InChI=1S/C20H19NO2S2/c1-3-21-19(22)18(25-20(21)24)12-16-6-4-5-7-17(16)23-13-15-10-8-14(2)9-11-15/h4-12H,3,13H2,1-2H3. The van der Waals surface area contributed by atoms with Crippen LogP contribution in [0.3, 0.4) is 0 Å². The fraction of sp³-hybridized carbons (Fsp3) is 0.200. The van der Waals surface area contributed by atoms with Gasteiger partial charge in [-0.2, -0.15) is 0 Å². The Kier molecular flexibility index (Phi) is 5.56. The zero-order chi connectivity index (χ0) is 17.8. The number of benzene rings is 2. The van der Waals surface area contributed by atoms with Gasteiger partial charge in [0.15, 0.2) is 0 Å². The first-order chi connectivity index (χ1) is 12.1. The quantitative estimate of drug-likeness (QED) is 0.559. The van der Waals surface area contributed by atoms with Gasteiger partial charge < -0.3 is 4.74 Å². The van der Waals surface area contributed by atoms with Crippen molar-refractivity contribution in [2.45, 2.75) is 20.5 Å². The average molecular weight is 370 g/mol. The molecule has 0 spiro atoms. The first kappa shape index (κ1) is 17.7. The Balaban J connectivity index is 1.79. The fourth-order valence-electron chi connectivity index (χ4n) is 2.49. The van der Waals surface area contributed by atoms with E-state index >= 15 is 0 Å². The minimum atomic E-state index is -0.0363. The summed E-state index contributed by atoms with van der Waals surface area (Å²) in [4.78, 5) is 14.6. The molecular weight excluding hydrogens is 350 g/mol. The van der Waals surface area contributed by atoms with Crippen LogP contribution in [-0.2, 0) is 11.4 Å². The van der Waals surface area contributed by atoms with E-state index in [0.29, 0.717) is 22.4 Å². The number of para-hydroxylation sites is 1. The molecule has 3 rings (SSSR count). The predicted molar refractivity (Wildman–Crippen MR) is 108 cm³/mol. The van der Waals surface area contributed by atoms with Crippen LogP contribution in [0.15, 0.2) is 53.4 Å². The lowest BCUT2D eigenvalue weighted by Gasteiger charge is -2.11. The lowest BCUT2D eigenvalue weighted by molar-refractivity contribution is -0.121. The number of ether oxygens (including phenoxy) is 1. The van der Waals surface area contributed by atoms with E-state index < -0.39 is 0 Å². The van der Waals surface area contributed by atoms with Gasteiger partial charge in [-0.1, -0.05) is 72.0 Å². The minimum Gasteiger partial charge on any atom is -0.488 e. The molecule has 0 unspecified atom stereocenters. The van der Waals surface area contributed by atoms with Gasteiger partial charge in [-0.3, -0.25) is 9.69 Å². The Labute approximate surface area is 157 Å². The first-order valence-corrected chi connectivity index (χ1v) is 9.33. The van der Waals surface area contributed by atoms with Gasteiger partial charge in [0.2, 0.25) is 0 Å². The topological polar surface area (TPSA) is 29.5 Å². The monoisotopic (exact) mass is 369 g/mol. The van der Waals surface area contributed by atoms with E-state index in [4.69, 9.17) is 17.0 Å². The molecule has 0 radical (unpaired) electrons. The van der Waals surface area contributed by atoms with Gasteiger partial charge in [0, 0.05) is 12.1 Å². The lowest BCUT2D eigenvalue weighted by atomic mass is 10.1. The number of rotatable bonds is 5. The Morgan fingerprint density at radius 2 is 1.88 bits per heavy atom. The number of carbonyl (C=O) groups excluding carboxylic acids is 1. The molecule has 2 aromatic carbocycles. The number of hydrogen-bond donors (Lipinski definition) is 0. The molecule has 1 amide bonds. The second-order valence-corrected chi connectivity index (χ2v) is 7.41. The number of hydrogen-bond acceptors (Lipinski definition) is 4. The molecule has 1 aliphatic rings. The third-order valence-corrected chi connectivity index (χ3v) is 5.29. The maximum Gasteiger partial charge on any atom is 0.266 e. The van der Waals surface area contributed by atoms with Crippen molar-refractivity contribution in [1.82, 2.24) is 4.90 Å². The van der Waals surface area contributed by atoms with Crippen molar-refractivity contribution in [3.8, 4) is 5.75 Å². The highest BCUT2D eigenvalue weighted by Crippen LogP contribution is 2.34. The zero-order valence-corrected chi connectivity index (χ0v) is 15.8. The first-order valence-electron chi connectivity index (χ1n) is 8.11. The van der Waals surface area contributed by atoms with Crippen molar-refractivity contribution < 1.29 is 9.53 Å². The third-order valence-electron chi connectivity index (χ3n) is 3.91. The summed E-state index contributed by atoms with van der Waals surface area (Å²) in [6.45, 7) is 5.06. The van der Waals surface area contributed by atoms with Crippen molar-refractivity contribution in [1.29, 1.82) is 0 Å². The van der Waals surface area contributed by atoms with Gasteiger partial charge in [-0.15, -0.1) is 0 Å². The summed E-state index contributed by atoms with van der Waals surface area (Å²) in [5, 5.41) is 0. The molecule has 0 saturated carbocycles. The number of thioether (sulfide) groups is 1. The van der Waals surface area contributed by atoms with Gasteiger partial charge >= 0.3 is 0 Å². The van der Waals surface area contributed by atoms with E-state index in [9.17, 15) is 4.79 Å². The van der Waals surface area contributed by atoms with Crippen molar-refractivity contribution in [3.05, 3.63) is 70.1 Å². The predicted octanol–water partition coefficient (Wildman–Crippen LogP) is 4.80. The van der Waals surface area contributed by atoms with Gasteiger partial charge in [0.05, 0.1) is 4.91 Å². The van der Waals surface area contributed by atoms with Gasteiger partial charge in [0.1, 0.15) is 16.7 Å². The lowest BCUT2D eigenvalue weighted by Crippen LogP contribution is -2.27. The molecule has 0 aliphatic carbocycles. The summed E-state index contributed by atoms with van der Waals surface area (Å²) < 4.78 is 6.59. The molecule has 2 aromatic rings. The number of aryl methyl sites for hydroxylation is 1. The normalized spacial score (nSPS) is 15.9. The molecule has 0 aromatic heterocycles. The van der Waals surface area contributed by atoms with E-state index in [2.05, 4.69) is 31.2 Å². The van der Waals surface area contributed by atoms with E-state index in [-0.39, 0.29) is 5.91 Å². The molecule has 128 valence electrons. The average Bonchev–Trinajstić information content (AvgIpc) is 2.88. The molecule has 3 nitrogen and oxygen atoms in total. The van der Waals surface area contributed by atoms with Crippen molar-refractivity contribution in [2.75, 3.05) is 6.54 Å². The SMILES string of the molecule is CCN1C(=O)C(=Cc2ccccc2OCc2ccc(C)cc2)SC1=S. The molecule has 1 aliphatic heterocycles. The molecule has 0 atom stereocenters. The van der Waals surface area contributed by atoms with Crippen molar-refractivity contribution in [3.63, 3.8) is 0 Å². The molecule has 1 saturated heterocycles. The molecular formula is C20H19NO2S2. The molecule has 0 N–H and O–H groups in total. The Morgan fingerprint density at radius 3 is 2.56 bits per heavy atom. The number of thiocarbonyl (C=S) groups is 1. The van der Waals surface area contributed by atoms with E-state index in [1.165, 1.54) is 17.3 Å². The molecule has 5 heteroatoms. The van der Waals surface area contributed by atoms with Crippen LogP contribution >= 0.6 is 24.0 Å². The highest BCUT2D eigenvalue weighted by Gasteiger charge is 2.30. The number of amides is 1. The van der Waals surface area contributed by atoms with Crippen molar-refractivity contribution in [2.24, 2.45) is 0 Å². The second kappa shape index (κ2) is 7.85. The number of carbonyl (C=O) groups is 1. The summed E-state index contributed by atoms with van der Waals surface area (Å²) in [6, 6.07) is 16.0. The third kappa shape index (κ3) is 4.11. The van der Waals surface area contributed by atoms with Crippen LogP contribution in [0.1, 0.15) is 23.6 Å². The maximum atomic E-state index is 12.4. The Morgan fingerprint density at radius 1 is 1.16 bits per heavy atom. The highest BCUT2D eigenvalue weighted by molar-refractivity contribution is 8.26. The largest absolute Gasteiger partial charge is 0.488 e. The fourth-order valence-corrected chi connectivity index (χ4v) is 3.87. The van der Waals surface area contributed by atoms with Crippen LogP contribution in [0.4, 0.5) is 0 Å². The van der Waals surface area contributed by atoms with Crippen LogP contribution < -0.4 is 4.74 Å². The van der Waals surface area contributed by atoms with Gasteiger partial charge in [0.25, 0.3) is 5.91 Å². The van der Waals surface area contributed by atoms with Gasteiger partial charge in [-0.05, 0) is 31.6 Å². The number of likely N-dealkylation sites (N-methyl/N-ethyl adjacent to an activating group) is 1. The van der Waals surface area contributed by atoms with Crippen LogP contribution in [-0.4, -0.2) is 21.7 Å². The van der Waals surface area contributed by atoms with E-state index in [0.717, 1.165) is 16.9 Å². The summed E-state index contributed by atoms with van der Waals surface area (Å²) in [6.07, 6.45) is 1.86. The van der Waals surface area contributed by atoms with Crippen molar-refractivity contribution >= 4 is 40.3 Å². The molecule has 1 fully saturated rings. The molecule has 0 bridgehead atoms. The van der Waals surface area contributed by atoms with Crippen LogP contribution in [0.25, 0.3) is 6.08 Å². The minimum absolute atomic E-state index is 0.0363. The summed E-state index contributed by atoms with van der Waals surface area (Å²) in [7, 11) is 0. The smallest absolute Gasteiger partial charge is 0.266 e. The molecule has 25 heavy (non-hydrogen) atoms. The molecule has 1 heterocycles. The summed E-state index contributed by atoms with van der Waals surface area (Å²) in [5.74, 6) is 0.718. The van der Waals surface area contributed by atoms with E-state index in [1.807, 2.05) is 37.3 Å². The highest BCUT2D eigenvalue weighted by atomic mass is 32.2. The zero-order valence-electron chi connectivity index (χ0n) is 14.2. The van der Waals surface area contributed by atoms with Gasteiger partial charge in [-0.25, -0.2) is 0 Å². The Bertz CT molecular complexity index is 828. The number of nitrogens with zero attached hydrogens (tertiary/aromatic N) is 1. The second-order valence-electron chi connectivity index (χ2n) is 5.74. The Hall–Kier alpha value is -2.11. The maximum absolute atomic E-state index is 12.4. The summed E-state index contributed by atoms with van der Waals surface area (Å²) >= 11 is 6.60. The van der Waals surface area contributed by atoms with Crippen LogP contribution in [0.5, 0.6) is 5.75 Å². The van der Waals surface area contributed by atoms with Crippen LogP contribution in [0, 0.1) is 6.92 Å². The van der Waals surface area contributed by atoms with Crippen LogP contribution in [0.2, 0.25) is 0 Å². The summed E-state index contributed by atoms with van der Waals surface area (Å²) in [5.41, 5.74) is 3.21. The van der Waals surface area contributed by atoms with E-state index in [1.54, 1.807) is 4.90 Å².